The zero-order valence-corrected chi connectivity index (χ0v) is 5.94. The lowest BCUT2D eigenvalue weighted by Crippen LogP contribution is -1.65. The second-order valence-corrected chi connectivity index (χ2v) is 2.32. The van der Waals surface area contributed by atoms with E-state index < -0.39 is 0 Å². The SMILES string of the molecule is CCCSC=C=S. The van der Waals surface area contributed by atoms with Crippen LogP contribution < -0.4 is 0 Å². The van der Waals surface area contributed by atoms with E-state index in [1.807, 2.05) is 5.41 Å². The van der Waals surface area contributed by atoms with Gasteiger partial charge in [-0.1, -0.05) is 6.92 Å². The van der Waals surface area contributed by atoms with Gasteiger partial charge in [0, 0.05) is 5.41 Å². The van der Waals surface area contributed by atoms with Gasteiger partial charge >= 0.3 is 0 Å². The van der Waals surface area contributed by atoms with Crippen molar-refractivity contribution in [2.75, 3.05) is 5.75 Å². The predicted octanol–water partition coefficient (Wildman–Crippen LogP) is 2.24. The topological polar surface area (TPSA) is 0 Å². The average molecular weight is 132 g/mol. The highest BCUT2D eigenvalue weighted by Gasteiger charge is 1.73. The van der Waals surface area contributed by atoms with Crippen molar-refractivity contribution in [1.29, 1.82) is 0 Å². The molecule has 0 atom stereocenters. The van der Waals surface area contributed by atoms with Crippen molar-refractivity contribution in [3.05, 3.63) is 5.41 Å². The molecule has 0 heterocycles. The Labute approximate surface area is 54.0 Å². The molecule has 0 aromatic rings. The van der Waals surface area contributed by atoms with Gasteiger partial charge in [0.15, 0.2) is 0 Å². The summed E-state index contributed by atoms with van der Waals surface area (Å²) in [7, 11) is 0. The molecule has 0 unspecified atom stereocenters. The Kier molecular flexibility index (Phi) is 6.42. The van der Waals surface area contributed by atoms with Gasteiger partial charge in [0.2, 0.25) is 0 Å². The van der Waals surface area contributed by atoms with Crippen molar-refractivity contribution in [3.63, 3.8) is 0 Å². The number of hydrogen-bond acceptors (Lipinski definition) is 2. The molecule has 0 fully saturated rings. The molecule has 0 aromatic heterocycles. The van der Waals surface area contributed by atoms with Crippen LogP contribution in [0.1, 0.15) is 13.3 Å². The molecule has 0 radical (unpaired) electrons. The van der Waals surface area contributed by atoms with E-state index >= 15 is 0 Å². The highest BCUT2D eigenvalue weighted by atomic mass is 32.2. The van der Waals surface area contributed by atoms with Gasteiger partial charge in [-0.05, 0) is 29.4 Å². The zero-order valence-electron chi connectivity index (χ0n) is 4.31. The van der Waals surface area contributed by atoms with Crippen LogP contribution in [0.25, 0.3) is 0 Å². The molecule has 0 aromatic carbocycles. The van der Waals surface area contributed by atoms with Crippen LogP contribution in [0.2, 0.25) is 0 Å². The van der Waals surface area contributed by atoms with Crippen LogP contribution in [-0.4, -0.2) is 10.8 Å². The highest BCUT2D eigenvalue weighted by Crippen LogP contribution is 1.99. The number of rotatable bonds is 3. The minimum atomic E-state index is 1.16. The van der Waals surface area contributed by atoms with E-state index in [2.05, 4.69) is 24.2 Å². The lowest BCUT2D eigenvalue weighted by atomic mass is 10.6. The Morgan fingerprint density at radius 1 is 1.86 bits per heavy atom. The first-order valence-corrected chi connectivity index (χ1v) is 3.68. The largest absolute Gasteiger partial charge is 0.125 e. The maximum Gasteiger partial charge on any atom is 0.0244 e. The Morgan fingerprint density at radius 2 is 2.57 bits per heavy atom. The molecule has 0 spiro atoms. The summed E-state index contributed by atoms with van der Waals surface area (Å²) in [4.78, 5) is 0. The van der Waals surface area contributed by atoms with E-state index in [9.17, 15) is 0 Å². The Hall–Kier alpha value is 0.220. The van der Waals surface area contributed by atoms with E-state index in [-0.39, 0.29) is 0 Å². The van der Waals surface area contributed by atoms with Crippen LogP contribution in [0.5, 0.6) is 0 Å². The third-order valence-electron chi connectivity index (χ3n) is 0.453. The van der Waals surface area contributed by atoms with Crippen molar-refractivity contribution in [3.8, 4) is 0 Å². The molecular weight excluding hydrogens is 124 g/mol. The normalized spacial score (nSPS) is 7.57. The van der Waals surface area contributed by atoms with Crippen LogP contribution in [0, 0.1) is 0 Å². The van der Waals surface area contributed by atoms with Crippen LogP contribution in [0.4, 0.5) is 0 Å². The fraction of sp³-hybridized carbons (Fsp3) is 0.600. The molecule has 0 aliphatic rings. The van der Waals surface area contributed by atoms with E-state index in [1.54, 1.807) is 11.8 Å². The zero-order chi connectivity index (χ0) is 5.54. The summed E-state index contributed by atoms with van der Waals surface area (Å²) in [5.41, 5.74) is 0. The summed E-state index contributed by atoms with van der Waals surface area (Å²) in [6.07, 6.45) is 1.21. The van der Waals surface area contributed by atoms with Gasteiger partial charge < -0.3 is 0 Å². The number of thioether (sulfide) groups is 1. The lowest BCUT2D eigenvalue weighted by molar-refractivity contribution is 1.11. The predicted molar refractivity (Wildman–Crippen MR) is 39.9 cm³/mol. The van der Waals surface area contributed by atoms with E-state index in [0.29, 0.717) is 0 Å². The second-order valence-electron chi connectivity index (χ2n) is 1.11. The molecule has 0 rings (SSSR count). The second kappa shape index (κ2) is 6.22. The summed E-state index contributed by atoms with van der Waals surface area (Å²) in [6.45, 7) is 2.14. The van der Waals surface area contributed by atoms with Crippen molar-refractivity contribution in [2.24, 2.45) is 0 Å². The van der Waals surface area contributed by atoms with Crippen LogP contribution in [-0.2, 0) is 0 Å². The lowest BCUT2D eigenvalue weighted by Gasteiger charge is -1.81. The summed E-state index contributed by atoms with van der Waals surface area (Å²) >= 11 is 6.15. The smallest absolute Gasteiger partial charge is 0.0244 e. The standard InChI is InChI=1S/C5H8S2/c1-2-4-7-5-3-6/h5H,2,4H2,1H3. The van der Waals surface area contributed by atoms with Crippen molar-refractivity contribution < 1.29 is 0 Å². The summed E-state index contributed by atoms with van der Waals surface area (Å²) < 4.78 is 0. The average Bonchev–Trinajstić information content (AvgIpc) is 1.69. The first kappa shape index (κ1) is 7.22. The Balaban J connectivity index is 2.83. The van der Waals surface area contributed by atoms with E-state index in [0.717, 1.165) is 5.75 Å². The van der Waals surface area contributed by atoms with E-state index in [1.165, 1.54) is 6.42 Å². The minimum absolute atomic E-state index is 1.16. The molecule has 0 saturated heterocycles. The first-order chi connectivity index (χ1) is 3.41. The molecule has 40 valence electrons. The van der Waals surface area contributed by atoms with E-state index in [4.69, 9.17) is 0 Å². The van der Waals surface area contributed by atoms with Crippen molar-refractivity contribution in [1.82, 2.24) is 0 Å². The molecule has 7 heavy (non-hydrogen) atoms. The summed E-state index contributed by atoms with van der Waals surface area (Å²) in [5.74, 6) is 1.16. The number of hydrogen-bond donors (Lipinski definition) is 0. The van der Waals surface area contributed by atoms with Gasteiger partial charge in [-0.3, -0.25) is 0 Å². The van der Waals surface area contributed by atoms with Crippen molar-refractivity contribution >= 4 is 29.0 Å². The van der Waals surface area contributed by atoms with Gasteiger partial charge in [0.05, 0.1) is 0 Å². The Bertz CT molecular complexity index is 72.1. The quantitative estimate of drug-likeness (QED) is 0.426. The van der Waals surface area contributed by atoms with Gasteiger partial charge in [-0.25, -0.2) is 0 Å². The number of thiocarbonyl (C=S) groups is 1. The van der Waals surface area contributed by atoms with Gasteiger partial charge in [-0.2, -0.15) is 0 Å². The highest BCUT2D eigenvalue weighted by molar-refractivity contribution is 8.02. The third kappa shape index (κ3) is 6.22. The fourth-order valence-electron chi connectivity index (χ4n) is 0.211. The maximum absolute atomic E-state index is 4.44. The van der Waals surface area contributed by atoms with Gasteiger partial charge in [-0.15, -0.1) is 11.8 Å². The summed E-state index contributed by atoms with van der Waals surface area (Å²) in [6, 6.07) is 0. The molecular formula is C5H8S2. The summed E-state index contributed by atoms with van der Waals surface area (Å²) in [5, 5.41) is 4.34. The van der Waals surface area contributed by atoms with Gasteiger partial charge in [0.25, 0.3) is 0 Å². The monoisotopic (exact) mass is 132 g/mol. The minimum Gasteiger partial charge on any atom is -0.125 e. The molecule has 0 amide bonds. The van der Waals surface area contributed by atoms with Crippen LogP contribution in [0.3, 0.4) is 0 Å². The molecule has 2 heteroatoms. The molecule has 0 aliphatic heterocycles. The molecule has 0 saturated carbocycles. The molecule has 0 nitrogen and oxygen atoms in total. The first-order valence-electron chi connectivity index (χ1n) is 2.22. The van der Waals surface area contributed by atoms with Gasteiger partial charge in [0.1, 0.15) is 0 Å². The Morgan fingerprint density at radius 3 is 3.00 bits per heavy atom. The van der Waals surface area contributed by atoms with Crippen LogP contribution >= 0.6 is 24.0 Å². The van der Waals surface area contributed by atoms with Crippen molar-refractivity contribution in [2.45, 2.75) is 13.3 Å². The maximum atomic E-state index is 4.44. The molecule has 0 aliphatic carbocycles. The fourth-order valence-corrected chi connectivity index (χ4v) is 0.837. The third-order valence-corrected chi connectivity index (χ3v) is 1.65. The molecule has 0 bridgehead atoms. The molecule has 0 N–H and O–H groups in total. The van der Waals surface area contributed by atoms with Crippen LogP contribution in [0.15, 0.2) is 5.41 Å².